The third kappa shape index (κ3) is 3.45. The lowest BCUT2D eigenvalue weighted by Gasteiger charge is -2.04. The molecule has 0 saturated heterocycles. The van der Waals surface area contributed by atoms with E-state index in [1.54, 1.807) is 12.4 Å². The van der Waals surface area contributed by atoms with Gasteiger partial charge >= 0.3 is 0 Å². The van der Waals surface area contributed by atoms with Gasteiger partial charge in [0.1, 0.15) is 16.1 Å². The highest BCUT2D eigenvalue weighted by molar-refractivity contribution is 6.33. The SMILES string of the molecule is O=C(NCCc1ncc[nH]1)c1cc(Cl)nc(Cl)c1. The van der Waals surface area contributed by atoms with Crippen LogP contribution in [0.4, 0.5) is 0 Å². The molecular formula is C11H10Cl2N4O. The molecule has 5 nitrogen and oxygen atoms in total. The van der Waals surface area contributed by atoms with E-state index in [0.717, 1.165) is 5.82 Å². The number of amides is 1. The number of hydrogen-bond donors (Lipinski definition) is 2. The van der Waals surface area contributed by atoms with Gasteiger partial charge in [-0.15, -0.1) is 0 Å². The monoisotopic (exact) mass is 284 g/mol. The van der Waals surface area contributed by atoms with Crippen LogP contribution in [0.1, 0.15) is 16.2 Å². The number of nitrogens with one attached hydrogen (secondary N) is 2. The predicted molar refractivity (Wildman–Crippen MR) is 68.9 cm³/mol. The summed E-state index contributed by atoms with van der Waals surface area (Å²) in [6, 6.07) is 2.94. The van der Waals surface area contributed by atoms with Crippen LogP contribution in [-0.4, -0.2) is 27.4 Å². The molecule has 2 aromatic heterocycles. The molecule has 2 N–H and O–H groups in total. The molecule has 2 rings (SSSR count). The summed E-state index contributed by atoms with van der Waals surface area (Å²) in [7, 11) is 0. The van der Waals surface area contributed by atoms with E-state index >= 15 is 0 Å². The molecule has 0 atom stereocenters. The molecule has 0 radical (unpaired) electrons. The fourth-order valence-corrected chi connectivity index (χ4v) is 1.89. The Labute approximate surface area is 114 Å². The van der Waals surface area contributed by atoms with Crippen LogP contribution in [0.25, 0.3) is 0 Å². The van der Waals surface area contributed by atoms with Gasteiger partial charge in [-0.2, -0.15) is 0 Å². The van der Waals surface area contributed by atoms with E-state index in [0.29, 0.717) is 18.5 Å². The molecule has 0 saturated carbocycles. The first kappa shape index (κ1) is 12.9. The average molecular weight is 285 g/mol. The lowest BCUT2D eigenvalue weighted by Crippen LogP contribution is -2.26. The molecule has 2 aromatic rings. The molecule has 0 aromatic carbocycles. The number of hydrogen-bond acceptors (Lipinski definition) is 3. The topological polar surface area (TPSA) is 70.7 Å². The summed E-state index contributed by atoms with van der Waals surface area (Å²) in [5, 5.41) is 3.13. The van der Waals surface area contributed by atoms with Crippen LogP contribution in [0.5, 0.6) is 0 Å². The molecule has 0 unspecified atom stereocenters. The summed E-state index contributed by atoms with van der Waals surface area (Å²) in [6.45, 7) is 0.476. The number of halogens is 2. The van der Waals surface area contributed by atoms with Crippen LogP contribution in [0, 0.1) is 0 Å². The van der Waals surface area contributed by atoms with Crippen LogP contribution in [0.15, 0.2) is 24.5 Å². The number of H-pyrrole nitrogens is 1. The van der Waals surface area contributed by atoms with E-state index in [-0.39, 0.29) is 16.2 Å². The van der Waals surface area contributed by atoms with Gasteiger partial charge in [0.05, 0.1) is 0 Å². The first-order chi connectivity index (χ1) is 8.65. The highest BCUT2D eigenvalue weighted by Crippen LogP contribution is 2.14. The molecule has 1 amide bonds. The van der Waals surface area contributed by atoms with Gasteiger partial charge in [-0.3, -0.25) is 4.79 Å². The molecule has 2 heterocycles. The van der Waals surface area contributed by atoms with E-state index in [9.17, 15) is 4.79 Å². The largest absolute Gasteiger partial charge is 0.352 e. The number of carbonyl (C=O) groups is 1. The van der Waals surface area contributed by atoms with E-state index in [1.165, 1.54) is 12.1 Å². The number of carbonyl (C=O) groups excluding carboxylic acids is 1. The fraction of sp³-hybridized carbons (Fsp3) is 0.182. The average Bonchev–Trinajstić information content (AvgIpc) is 2.80. The minimum absolute atomic E-state index is 0.193. The van der Waals surface area contributed by atoms with Gasteiger partial charge in [0, 0.05) is 30.9 Å². The Morgan fingerprint density at radius 3 is 2.67 bits per heavy atom. The zero-order valence-electron chi connectivity index (χ0n) is 9.28. The number of aromatic nitrogens is 3. The van der Waals surface area contributed by atoms with Crippen molar-refractivity contribution >= 4 is 29.1 Å². The zero-order chi connectivity index (χ0) is 13.0. The highest BCUT2D eigenvalue weighted by Gasteiger charge is 2.08. The Hall–Kier alpha value is -1.59. The molecule has 94 valence electrons. The Balaban J connectivity index is 1.91. The van der Waals surface area contributed by atoms with Crippen LogP contribution >= 0.6 is 23.2 Å². The van der Waals surface area contributed by atoms with Crippen molar-refractivity contribution in [2.24, 2.45) is 0 Å². The van der Waals surface area contributed by atoms with Crippen molar-refractivity contribution in [2.75, 3.05) is 6.54 Å². The van der Waals surface area contributed by atoms with E-state index < -0.39 is 0 Å². The van der Waals surface area contributed by atoms with Crippen molar-refractivity contribution in [3.05, 3.63) is 46.2 Å². The van der Waals surface area contributed by atoms with Crippen molar-refractivity contribution < 1.29 is 4.79 Å². The van der Waals surface area contributed by atoms with Gasteiger partial charge in [0.15, 0.2) is 0 Å². The van der Waals surface area contributed by atoms with Crippen molar-refractivity contribution in [3.8, 4) is 0 Å². The van der Waals surface area contributed by atoms with Crippen molar-refractivity contribution in [1.29, 1.82) is 0 Å². The number of pyridine rings is 1. The zero-order valence-corrected chi connectivity index (χ0v) is 10.8. The number of aromatic amines is 1. The van der Waals surface area contributed by atoms with Gasteiger partial charge in [-0.05, 0) is 12.1 Å². The quantitative estimate of drug-likeness (QED) is 0.845. The molecule has 0 aliphatic carbocycles. The Morgan fingerprint density at radius 1 is 1.33 bits per heavy atom. The van der Waals surface area contributed by atoms with Gasteiger partial charge in [-0.1, -0.05) is 23.2 Å². The molecule has 0 aliphatic rings. The normalized spacial score (nSPS) is 10.3. The van der Waals surface area contributed by atoms with Crippen LogP contribution in [0.2, 0.25) is 10.3 Å². The molecule has 18 heavy (non-hydrogen) atoms. The highest BCUT2D eigenvalue weighted by atomic mass is 35.5. The van der Waals surface area contributed by atoms with Crippen molar-refractivity contribution in [3.63, 3.8) is 0 Å². The number of nitrogens with zero attached hydrogens (tertiary/aromatic N) is 2. The standard InChI is InChI=1S/C11H10Cl2N4O/c12-8-5-7(6-9(13)17-8)11(18)16-2-1-10-14-3-4-15-10/h3-6H,1-2H2,(H,14,15)(H,16,18). The molecule has 0 fully saturated rings. The van der Waals surface area contributed by atoms with Crippen LogP contribution in [-0.2, 0) is 6.42 Å². The van der Waals surface area contributed by atoms with Gasteiger partial charge in [-0.25, -0.2) is 9.97 Å². The number of imidazole rings is 1. The third-order valence-corrected chi connectivity index (χ3v) is 2.61. The fourth-order valence-electron chi connectivity index (χ4n) is 1.43. The number of rotatable bonds is 4. The molecular weight excluding hydrogens is 275 g/mol. The maximum Gasteiger partial charge on any atom is 0.251 e. The van der Waals surface area contributed by atoms with E-state index in [2.05, 4.69) is 20.3 Å². The van der Waals surface area contributed by atoms with Crippen LogP contribution in [0.3, 0.4) is 0 Å². The summed E-state index contributed by atoms with van der Waals surface area (Å²) in [5.41, 5.74) is 0.388. The van der Waals surface area contributed by atoms with Gasteiger partial charge in [0.25, 0.3) is 5.91 Å². The summed E-state index contributed by atoms with van der Waals surface area (Å²) >= 11 is 11.4. The second-order valence-electron chi connectivity index (χ2n) is 3.54. The lowest BCUT2D eigenvalue weighted by molar-refractivity contribution is 0.0954. The first-order valence-electron chi connectivity index (χ1n) is 5.24. The summed E-state index contributed by atoms with van der Waals surface area (Å²) in [6.07, 6.45) is 4.03. The predicted octanol–water partition coefficient (Wildman–Crippen LogP) is 2.08. The van der Waals surface area contributed by atoms with Crippen molar-refractivity contribution in [2.45, 2.75) is 6.42 Å². The Morgan fingerprint density at radius 2 is 2.06 bits per heavy atom. The third-order valence-electron chi connectivity index (χ3n) is 2.23. The Bertz CT molecular complexity index is 522. The van der Waals surface area contributed by atoms with Crippen molar-refractivity contribution in [1.82, 2.24) is 20.3 Å². The summed E-state index contributed by atoms with van der Waals surface area (Å²) < 4.78 is 0. The first-order valence-corrected chi connectivity index (χ1v) is 6.00. The lowest BCUT2D eigenvalue weighted by atomic mass is 10.2. The van der Waals surface area contributed by atoms with Crippen LogP contribution < -0.4 is 5.32 Å². The Kier molecular flexibility index (Phi) is 4.17. The molecule has 0 aliphatic heterocycles. The van der Waals surface area contributed by atoms with E-state index in [4.69, 9.17) is 23.2 Å². The molecule has 0 bridgehead atoms. The second-order valence-corrected chi connectivity index (χ2v) is 4.32. The summed E-state index contributed by atoms with van der Waals surface area (Å²) in [5.74, 6) is 0.578. The molecule has 7 heteroatoms. The second kappa shape index (κ2) is 5.84. The van der Waals surface area contributed by atoms with Gasteiger partial charge in [0.2, 0.25) is 0 Å². The van der Waals surface area contributed by atoms with E-state index in [1.807, 2.05) is 0 Å². The smallest absolute Gasteiger partial charge is 0.251 e. The maximum absolute atomic E-state index is 11.8. The molecule has 0 spiro atoms. The maximum atomic E-state index is 11.8. The summed E-state index contributed by atoms with van der Waals surface area (Å²) in [4.78, 5) is 22.6. The van der Waals surface area contributed by atoms with Gasteiger partial charge < -0.3 is 10.3 Å². The minimum atomic E-state index is -0.243. The minimum Gasteiger partial charge on any atom is -0.352 e.